The van der Waals surface area contributed by atoms with Gasteiger partial charge in [-0.2, -0.15) is 4.31 Å². The number of aromatic nitrogens is 2. The van der Waals surface area contributed by atoms with Crippen molar-refractivity contribution in [3.05, 3.63) is 112 Å². The van der Waals surface area contributed by atoms with Crippen molar-refractivity contribution in [2.45, 2.75) is 18.4 Å². The van der Waals surface area contributed by atoms with Crippen molar-refractivity contribution in [3.8, 4) is 22.4 Å². The number of hydrogen-bond donors (Lipinski definition) is 0. The van der Waals surface area contributed by atoms with Crippen LogP contribution in [0.5, 0.6) is 0 Å². The van der Waals surface area contributed by atoms with Crippen molar-refractivity contribution < 1.29 is 12.8 Å². The monoisotopic (exact) mass is 608 g/mol. The highest BCUT2D eigenvalue weighted by molar-refractivity contribution is 7.89. The molecule has 2 aromatic heterocycles. The maximum Gasteiger partial charge on any atom is 0.243 e. The second-order valence-corrected chi connectivity index (χ2v) is 13.0. The van der Waals surface area contributed by atoms with Gasteiger partial charge in [0.05, 0.1) is 16.3 Å². The molecule has 0 bridgehead atoms. The molecule has 0 atom stereocenters. The molecule has 0 spiro atoms. The van der Waals surface area contributed by atoms with E-state index in [0.29, 0.717) is 42.8 Å². The summed E-state index contributed by atoms with van der Waals surface area (Å²) in [5, 5.41) is 1.35. The smallest absolute Gasteiger partial charge is 0.243 e. The molecule has 3 aromatic carbocycles. The molecule has 0 N–H and O–H groups in total. The Kier molecular flexibility index (Phi) is 7.61. The largest absolute Gasteiger partial charge is 0.301 e. The summed E-state index contributed by atoms with van der Waals surface area (Å²) in [4.78, 5) is 7.32. The highest BCUT2D eigenvalue weighted by Crippen LogP contribution is 2.31. The zero-order valence-corrected chi connectivity index (χ0v) is 24.6. The molecule has 0 amide bonds. The maximum absolute atomic E-state index is 13.4. The van der Waals surface area contributed by atoms with Gasteiger partial charge in [-0.15, -0.1) is 0 Å². The lowest BCUT2D eigenvalue weighted by Crippen LogP contribution is -2.48. The zero-order valence-electron chi connectivity index (χ0n) is 22.3. The Labute approximate surface area is 248 Å². The van der Waals surface area contributed by atoms with Gasteiger partial charge in [0.15, 0.2) is 0 Å². The van der Waals surface area contributed by atoms with Crippen LogP contribution in [-0.2, 0) is 16.6 Å². The molecule has 3 heterocycles. The van der Waals surface area contributed by atoms with Gasteiger partial charge in [0.25, 0.3) is 0 Å². The molecule has 210 valence electrons. The molecule has 5 aromatic rings. The lowest BCUT2D eigenvalue weighted by atomic mass is 10.0. The highest BCUT2D eigenvalue weighted by atomic mass is 35.5. The molecular weight excluding hydrogens is 582 g/mol. The first-order valence-electron chi connectivity index (χ1n) is 13.2. The van der Waals surface area contributed by atoms with Gasteiger partial charge in [-0.25, -0.2) is 17.8 Å². The van der Waals surface area contributed by atoms with Crippen LogP contribution in [0, 0.1) is 12.7 Å². The van der Waals surface area contributed by atoms with Crippen molar-refractivity contribution in [1.29, 1.82) is 0 Å². The van der Waals surface area contributed by atoms with Gasteiger partial charge in [-0.3, -0.25) is 4.90 Å². The van der Waals surface area contributed by atoms with Crippen molar-refractivity contribution >= 4 is 38.9 Å². The SMILES string of the molecule is Cc1cc(Cl)ccc1-c1ccc2nc(-c3ccc(Cl)cc3)c(CN3CCN(S(=O)(=O)c4ccc(F)cc4)CC3)n2c1. The summed E-state index contributed by atoms with van der Waals surface area (Å²) in [7, 11) is -3.70. The van der Waals surface area contributed by atoms with Gasteiger partial charge in [-0.1, -0.05) is 41.4 Å². The van der Waals surface area contributed by atoms with E-state index in [0.717, 1.165) is 39.3 Å². The minimum absolute atomic E-state index is 0.101. The third-order valence-corrected chi connectivity index (χ3v) is 9.89. The number of hydrogen-bond acceptors (Lipinski definition) is 4. The number of rotatable bonds is 6. The summed E-state index contributed by atoms with van der Waals surface area (Å²) >= 11 is 12.4. The molecule has 6 nitrogen and oxygen atoms in total. The molecule has 1 aliphatic rings. The molecule has 10 heteroatoms. The molecular formula is C31H27Cl2FN4O2S. The standard InChI is InChI=1S/C31H27Cl2FN4O2S/c1-21-18-25(33)7-12-28(21)23-4-13-30-35-31(22-2-5-24(32)6-3-22)29(38(30)19-23)20-36-14-16-37(17-15-36)41(39,40)27-10-8-26(34)9-11-27/h2-13,18-19H,14-17,20H2,1H3. The van der Waals surface area contributed by atoms with E-state index in [-0.39, 0.29) is 4.90 Å². The van der Waals surface area contributed by atoms with Crippen LogP contribution in [0.2, 0.25) is 10.0 Å². The van der Waals surface area contributed by atoms with Crippen LogP contribution in [0.1, 0.15) is 11.3 Å². The quantitative estimate of drug-likeness (QED) is 0.210. The van der Waals surface area contributed by atoms with E-state index in [4.69, 9.17) is 28.2 Å². The zero-order chi connectivity index (χ0) is 28.7. The maximum atomic E-state index is 13.4. The molecule has 1 fully saturated rings. The van der Waals surface area contributed by atoms with Crippen LogP contribution < -0.4 is 0 Å². The molecule has 0 radical (unpaired) electrons. The lowest BCUT2D eigenvalue weighted by molar-refractivity contribution is 0.180. The van der Waals surface area contributed by atoms with Gasteiger partial charge < -0.3 is 4.40 Å². The number of pyridine rings is 1. The van der Waals surface area contributed by atoms with Gasteiger partial charge in [0.1, 0.15) is 11.5 Å². The fraction of sp³-hybridized carbons (Fsp3) is 0.194. The number of imidazole rings is 1. The van der Waals surface area contributed by atoms with Crippen LogP contribution in [-0.4, -0.2) is 53.2 Å². The van der Waals surface area contributed by atoms with Crippen molar-refractivity contribution in [3.63, 3.8) is 0 Å². The van der Waals surface area contributed by atoms with E-state index in [9.17, 15) is 12.8 Å². The van der Waals surface area contributed by atoms with E-state index < -0.39 is 15.8 Å². The summed E-state index contributed by atoms with van der Waals surface area (Å²) in [6.45, 7) is 4.38. The highest BCUT2D eigenvalue weighted by Gasteiger charge is 2.29. The Morgan fingerprint density at radius 3 is 2.17 bits per heavy atom. The molecule has 1 saturated heterocycles. The van der Waals surface area contributed by atoms with E-state index >= 15 is 0 Å². The Bertz CT molecular complexity index is 1830. The molecule has 41 heavy (non-hydrogen) atoms. The number of fused-ring (bicyclic) bond motifs is 1. The second kappa shape index (κ2) is 11.2. The summed E-state index contributed by atoms with van der Waals surface area (Å²) < 4.78 is 43.2. The first kappa shape index (κ1) is 27.9. The summed E-state index contributed by atoms with van der Waals surface area (Å²) in [5.74, 6) is -0.465. The van der Waals surface area contributed by atoms with Crippen LogP contribution in [0.3, 0.4) is 0 Å². The van der Waals surface area contributed by atoms with Gasteiger partial charge in [0.2, 0.25) is 10.0 Å². The molecule has 0 aliphatic carbocycles. The van der Waals surface area contributed by atoms with Crippen molar-refractivity contribution in [1.82, 2.24) is 18.6 Å². The van der Waals surface area contributed by atoms with E-state index in [1.165, 1.54) is 28.6 Å². The lowest BCUT2D eigenvalue weighted by Gasteiger charge is -2.34. The number of sulfonamides is 1. The van der Waals surface area contributed by atoms with E-state index in [1.54, 1.807) is 0 Å². The second-order valence-electron chi connectivity index (χ2n) is 10.2. The Hall–Kier alpha value is -3.27. The van der Waals surface area contributed by atoms with Crippen LogP contribution in [0.25, 0.3) is 28.0 Å². The third-order valence-electron chi connectivity index (χ3n) is 7.49. The van der Waals surface area contributed by atoms with E-state index in [2.05, 4.69) is 21.6 Å². The molecule has 0 saturated carbocycles. The Morgan fingerprint density at radius 2 is 1.49 bits per heavy atom. The normalized spacial score (nSPS) is 15.0. The number of aryl methyl sites for hydroxylation is 1. The average Bonchev–Trinajstić information content (AvgIpc) is 3.31. The summed E-state index contributed by atoms with van der Waals surface area (Å²) in [6, 6.07) is 22.5. The minimum atomic E-state index is -3.70. The van der Waals surface area contributed by atoms with Crippen molar-refractivity contribution in [2.75, 3.05) is 26.2 Å². The van der Waals surface area contributed by atoms with Crippen LogP contribution >= 0.6 is 23.2 Å². The fourth-order valence-corrected chi connectivity index (χ4v) is 7.06. The fourth-order valence-electron chi connectivity index (χ4n) is 5.29. The van der Waals surface area contributed by atoms with Crippen LogP contribution in [0.4, 0.5) is 4.39 Å². The number of nitrogens with zero attached hydrogens (tertiary/aromatic N) is 4. The molecule has 0 unspecified atom stereocenters. The van der Waals surface area contributed by atoms with Gasteiger partial charge in [-0.05, 0) is 84.3 Å². The Balaban J connectivity index is 1.32. The molecule has 1 aliphatic heterocycles. The minimum Gasteiger partial charge on any atom is -0.301 e. The summed E-state index contributed by atoms with van der Waals surface area (Å²) in [5.41, 5.74) is 6.84. The predicted molar refractivity (Wildman–Crippen MR) is 161 cm³/mol. The number of piperazine rings is 1. The first-order chi connectivity index (χ1) is 19.7. The number of benzene rings is 3. The number of halogens is 3. The topological polar surface area (TPSA) is 57.9 Å². The molecule has 6 rings (SSSR count). The third kappa shape index (κ3) is 5.63. The predicted octanol–water partition coefficient (Wildman–Crippen LogP) is 6.93. The Morgan fingerprint density at radius 1 is 0.829 bits per heavy atom. The van der Waals surface area contributed by atoms with E-state index in [1.807, 2.05) is 55.5 Å². The average molecular weight is 610 g/mol. The first-order valence-corrected chi connectivity index (χ1v) is 15.4. The van der Waals surface area contributed by atoms with Crippen molar-refractivity contribution in [2.24, 2.45) is 0 Å². The van der Waals surface area contributed by atoms with Gasteiger partial charge >= 0.3 is 0 Å². The van der Waals surface area contributed by atoms with Gasteiger partial charge in [0, 0.05) is 54.5 Å². The van der Waals surface area contributed by atoms with Crippen LogP contribution in [0.15, 0.2) is 90.0 Å². The summed E-state index contributed by atoms with van der Waals surface area (Å²) in [6.07, 6.45) is 2.10.